The lowest BCUT2D eigenvalue weighted by Gasteiger charge is -2.02. The second kappa shape index (κ2) is 5.57. The van der Waals surface area contributed by atoms with E-state index < -0.39 is 0 Å². The summed E-state index contributed by atoms with van der Waals surface area (Å²) in [5, 5.41) is 4.73. The molecule has 3 aromatic rings. The molecule has 3 rings (SSSR count). The van der Waals surface area contributed by atoms with Gasteiger partial charge in [0.1, 0.15) is 5.75 Å². The van der Waals surface area contributed by atoms with Crippen LogP contribution in [0.25, 0.3) is 22.8 Å². The quantitative estimate of drug-likeness (QED) is 0.796. The van der Waals surface area contributed by atoms with Gasteiger partial charge >= 0.3 is 0 Å². The highest BCUT2D eigenvalue weighted by molar-refractivity contribution is 7.16. The highest BCUT2D eigenvalue weighted by atomic mass is 32.1. The van der Waals surface area contributed by atoms with Crippen LogP contribution in [-0.2, 0) is 6.42 Å². The minimum atomic E-state index is 0.435. The number of anilines is 1. The molecule has 0 unspecified atom stereocenters. The molecule has 0 bridgehead atoms. The van der Waals surface area contributed by atoms with Crippen molar-refractivity contribution in [3.63, 3.8) is 0 Å². The lowest BCUT2D eigenvalue weighted by atomic mass is 10.2. The molecule has 0 aliphatic rings. The molecule has 0 atom stereocenters. The van der Waals surface area contributed by atoms with Gasteiger partial charge in [0.05, 0.1) is 23.2 Å². The van der Waals surface area contributed by atoms with Crippen molar-refractivity contribution in [1.29, 1.82) is 0 Å². The third kappa shape index (κ3) is 2.50. The van der Waals surface area contributed by atoms with E-state index in [4.69, 9.17) is 15.0 Å². The number of hydrogen-bond acceptors (Lipinski definition) is 6. The van der Waals surface area contributed by atoms with Crippen molar-refractivity contribution in [1.82, 2.24) is 10.1 Å². The fraction of sp³-hybridized carbons (Fsp3) is 0.200. The Morgan fingerprint density at radius 3 is 2.81 bits per heavy atom. The number of ether oxygens (including phenoxy) is 1. The average Bonchev–Trinajstić information content (AvgIpc) is 3.13. The lowest BCUT2D eigenvalue weighted by Crippen LogP contribution is -1.89. The highest BCUT2D eigenvalue weighted by Crippen LogP contribution is 2.35. The van der Waals surface area contributed by atoms with E-state index in [9.17, 15) is 0 Å². The van der Waals surface area contributed by atoms with Crippen molar-refractivity contribution < 1.29 is 9.26 Å². The number of benzene rings is 1. The Labute approximate surface area is 126 Å². The number of aryl methyl sites for hydroxylation is 1. The molecule has 2 N–H and O–H groups in total. The first-order valence-corrected chi connectivity index (χ1v) is 7.40. The predicted octanol–water partition coefficient (Wildman–Crippen LogP) is 3.62. The van der Waals surface area contributed by atoms with Crippen LogP contribution in [0.1, 0.15) is 11.8 Å². The van der Waals surface area contributed by atoms with E-state index in [2.05, 4.69) is 17.1 Å². The Kier molecular flexibility index (Phi) is 3.62. The summed E-state index contributed by atoms with van der Waals surface area (Å²) in [5.74, 6) is 1.63. The van der Waals surface area contributed by atoms with Gasteiger partial charge in [-0.2, -0.15) is 4.98 Å². The fourth-order valence-corrected chi connectivity index (χ4v) is 2.93. The molecule has 0 spiro atoms. The highest BCUT2D eigenvalue weighted by Gasteiger charge is 2.17. The molecular weight excluding hydrogens is 286 g/mol. The molecule has 0 saturated heterocycles. The van der Waals surface area contributed by atoms with Crippen molar-refractivity contribution in [2.75, 3.05) is 12.8 Å². The molecule has 21 heavy (non-hydrogen) atoms. The first kappa shape index (κ1) is 13.6. The molecule has 0 radical (unpaired) electrons. The van der Waals surface area contributed by atoms with Crippen molar-refractivity contribution in [3.8, 4) is 28.6 Å². The molecule has 1 aromatic carbocycles. The molecule has 108 valence electrons. The topological polar surface area (TPSA) is 74.2 Å². The molecule has 0 aliphatic carbocycles. The summed E-state index contributed by atoms with van der Waals surface area (Å²) in [6.45, 7) is 2.09. The third-order valence-corrected chi connectivity index (χ3v) is 4.27. The number of nitrogens with zero attached hydrogens (tertiary/aromatic N) is 2. The van der Waals surface area contributed by atoms with Gasteiger partial charge in [-0.25, -0.2) is 0 Å². The van der Waals surface area contributed by atoms with Gasteiger partial charge in [0.25, 0.3) is 5.89 Å². The SMILES string of the molecule is CCc1cc(-c2nc(-c3ccccc3OC)no2)c(N)s1. The van der Waals surface area contributed by atoms with E-state index in [0.717, 1.165) is 17.5 Å². The van der Waals surface area contributed by atoms with Crippen LogP contribution >= 0.6 is 11.3 Å². The first-order valence-electron chi connectivity index (χ1n) is 6.58. The molecule has 0 fully saturated rings. The van der Waals surface area contributed by atoms with Crippen LogP contribution in [0.3, 0.4) is 0 Å². The van der Waals surface area contributed by atoms with Gasteiger partial charge in [0.15, 0.2) is 0 Å². The zero-order chi connectivity index (χ0) is 14.8. The Morgan fingerprint density at radius 2 is 2.10 bits per heavy atom. The summed E-state index contributed by atoms with van der Waals surface area (Å²) in [6, 6.07) is 9.55. The average molecular weight is 301 g/mol. The normalized spacial score (nSPS) is 10.8. The van der Waals surface area contributed by atoms with E-state index in [1.165, 1.54) is 4.88 Å². The summed E-state index contributed by atoms with van der Waals surface area (Å²) >= 11 is 1.55. The summed E-state index contributed by atoms with van der Waals surface area (Å²) < 4.78 is 10.7. The van der Waals surface area contributed by atoms with Gasteiger partial charge in [0, 0.05) is 4.88 Å². The molecule has 0 amide bonds. The molecule has 2 heterocycles. The van der Waals surface area contributed by atoms with E-state index >= 15 is 0 Å². The lowest BCUT2D eigenvalue weighted by molar-refractivity contribution is 0.413. The monoisotopic (exact) mass is 301 g/mol. The van der Waals surface area contributed by atoms with E-state index in [1.54, 1.807) is 18.4 Å². The van der Waals surface area contributed by atoms with Crippen LogP contribution in [0.2, 0.25) is 0 Å². The number of nitrogens with two attached hydrogens (primary N) is 1. The predicted molar refractivity (Wildman–Crippen MR) is 83.4 cm³/mol. The van der Waals surface area contributed by atoms with Gasteiger partial charge in [-0.1, -0.05) is 24.2 Å². The van der Waals surface area contributed by atoms with Crippen LogP contribution < -0.4 is 10.5 Å². The zero-order valence-electron chi connectivity index (χ0n) is 11.8. The van der Waals surface area contributed by atoms with Gasteiger partial charge in [-0.3, -0.25) is 0 Å². The fourth-order valence-electron chi connectivity index (χ4n) is 2.07. The van der Waals surface area contributed by atoms with Crippen LogP contribution in [0, 0.1) is 0 Å². The van der Waals surface area contributed by atoms with Crippen molar-refractivity contribution in [2.24, 2.45) is 0 Å². The van der Waals surface area contributed by atoms with E-state index in [0.29, 0.717) is 22.5 Å². The van der Waals surface area contributed by atoms with Crippen molar-refractivity contribution in [2.45, 2.75) is 13.3 Å². The van der Waals surface area contributed by atoms with Gasteiger partial charge in [0.2, 0.25) is 5.82 Å². The molecule has 5 nitrogen and oxygen atoms in total. The number of thiophene rings is 1. The number of hydrogen-bond donors (Lipinski definition) is 1. The molecular formula is C15H15N3O2S. The Morgan fingerprint density at radius 1 is 1.29 bits per heavy atom. The van der Waals surface area contributed by atoms with Crippen LogP contribution in [0.5, 0.6) is 5.75 Å². The van der Waals surface area contributed by atoms with Crippen LogP contribution in [-0.4, -0.2) is 17.3 Å². The number of para-hydroxylation sites is 1. The molecule has 0 saturated carbocycles. The van der Waals surface area contributed by atoms with Crippen molar-refractivity contribution >= 4 is 16.3 Å². The molecule has 6 heteroatoms. The number of methoxy groups -OCH3 is 1. The minimum absolute atomic E-state index is 0.435. The van der Waals surface area contributed by atoms with Crippen molar-refractivity contribution in [3.05, 3.63) is 35.2 Å². The third-order valence-electron chi connectivity index (χ3n) is 3.16. The number of nitrogen functional groups attached to an aromatic ring is 1. The molecule has 0 aliphatic heterocycles. The maximum atomic E-state index is 6.02. The number of rotatable bonds is 4. The maximum absolute atomic E-state index is 6.02. The van der Waals surface area contributed by atoms with Gasteiger partial charge in [-0.05, 0) is 24.6 Å². The summed E-state index contributed by atoms with van der Waals surface area (Å²) in [6.07, 6.45) is 0.933. The van der Waals surface area contributed by atoms with Gasteiger partial charge < -0.3 is 15.0 Å². The maximum Gasteiger partial charge on any atom is 0.261 e. The van der Waals surface area contributed by atoms with Crippen LogP contribution in [0.15, 0.2) is 34.9 Å². The summed E-state index contributed by atoms with van der Waals surface area (Å²) in [7, 11) is 1.62. The first-order chi connectivity index (χ1) is 10.2. The Hall–Kier alpha value is -2.34. The van der Waals surface area contributed by atoms with Gasteiger partial charge in [-0.15, -0.1) is 11.3 Å². The summed E-state index contributed by atoms with van der Waals surface area (Å²) in [4.78, 5) is 5.63. The van der Waals surface area contributed by atoms with Crippen LogP contribution in [0.4, 0.5) is 5.00 Å². The van der Waals surface area contributed by atoms with E-state index in [-0.39, 0.29) is 0 Å². The molecule has 2 aromatic heterocycles. The largest absolute Gasteiger partial charge is 0.496 e. The smallest absolute Gasteiger partial charge is 0.261 e. The second-order valence-corrected chi connectivity index (χ2v) is 5.64. The van der Waals surface area contributed by atoms with E-state index in [1.807, 2.05) is 30.3 Å². The Balaban J connectivity index is 2.01. The Bertz CT molecular complexity index is 764. The minimum Gasteiger partial charge on any atom is -0.496 e. The zero-order valence-corrected chi connectivity index (χ0v) is 12.6. The standard InChI is InChI=1S/C15H15N3O2S/c1-3-9-8-11(13(16)21-9)15-17-14(18-20-15)10-6-4-5-7-12(10)19-2/h4-8H,3,16H2,1-2H3. The number of aromatic nitrogens is 2. The second-order valence-electron chi connectivity index (χ2n) is 4.47. The summed E-state index contributed by atoms with van der Waals surface area (Å²) in [5.41, 5.74) is 7.61.